The molecule has 0 aliphatic rings. The molecule has 0 saturated carbocycles. The van der Waals surface area contributed by atoms with Crippen molar-refractivity contribution in [2.45, 2.75) is 6.54 Å². The van der Waals surface area contributed by atoms with Gasteiger partial charge in [-0.05, 0) is 24.7 Å². The Kier molecular flexibility index (Phi) is 5.15. The fourth-order valence-electron chi connectivity index (χ4n) is 1.13. The fraction of sp³-hybridized carbons (Fsp3) is 0.273. The first kappa shape index (κ1) is 12.6. The third-order valence-electron chi connectivity index (χ3n) is 1.76. The first-order valence-electron chi connectivity index (χ1n) is 4.52. The SMILES string of the molecule is C=C(Br)COc1ccc(CNC)cc1Cl. The van der Waals surface area contributed by atoms with Crippen LogP contribution in [0.3, 0.4) is 0 Å². The summed E-state index contributed by atoms with van der Waals surface area (Å²) < 4.78 is 6.22. The topological polar surface area (TPSA) is 21.3 Å². The number of halogens is 2. The predicted molar refractivity (Wildman–Crippen MR) is 67.8 cm³/mol. The molecular formula is C11H13BrClNO. The third kappa shape index (κ3) is 4.24. The molecule has 0 radical (unpaired) electrons. The van der Waals surface area contributed by atoms with Gasteiger partial charge in [-0.15, -0.1) is 0 Å². The highest BCUT2D eigenvalue weighted by Crippen LogP contribution is 2.26. The third-order valence-corrected chi connectivity index (χ3v) is 2.29. The maximum Gasteiger partial charge on any atom is 0.138 e. The standard InChI is InChI=1S/C11H13BrClNO/c1-8(12)7-15-11-4-3-9(6-14-2)5-10(11)13/h3-5,14H,1,6-7H2,2H3. The van der Waals surface area contributed by atoms with E-state index in [2.05, 4.69) is 27.8 Å². The van der Waals surface area contributed by atoms with E-state index in [0.717, 1.165) is 16.6 Å². The van der Waals surface area contributed by atoms with Crippen LogP contribution in [-0.2, 0) is 6.54 Å². The van der Waals surface area contributed by atoms with E-state index in [0.29, 0.717) is 17.4 Å². The molecule has 1 N–H and O–H groups in total. The zero-order valence-electron chi connectivity index (χ0n) is 8.52. The van der Waals surface area contributed by atoms with E-state index < -0.39 is 0 Å². The van der Waals surface area contributed by atoms with Crippen LogP contribution in [0, 0.1) is 0 Å². The second kappa shape index (κ2) is 6.16. The highest BCUT2D eigenvalue weighted by molar-refractivity contribution is 9.11. The lowest BCUT2D eigenvalue weighted by atomic mass is 10.2. The largest absolute Gasteiger partial charge is 0.487 e. The van der Waals surface area contributed by atoms with Gasteiger partial charge < -0.3 is 10.1 Å². The predicted octanol–water partition coefficient (Wildman–Crippen LogP) is 3.35. The summed E-state index contributed by atoms with van der Waals surface area (Å²) in [5.74, 6) is 0.678. The normalized spacial score (nSPS) is 10.1. The van der Waals surface area contributed by atoms with Gasteiger partial charge in [-0.1, -0.05) is 40.2 Å². The second-order valence-corrected chi connectivity index (χ2v) is 4.63. The van der Waals surface area contributed by atoms with Crippen molar-refractivity contribution < 1.29 is 4.74 Å². The fourth-order valence-corrected chi connectivity index (χ4v) is 1.50. The van der Waals surface area contributed by atoms with Crippen LogP contribution in [0.2, 0.25) is 5.02 Å². The summed E-state index contributed by atoms with van der Waals surface area (Å²) in [5.41, 5.74) is 1.13. The Bertz CT molecular complexity index is 354. The minimum Gasteiger partial charge on any atom is -0.487 e. The number of rotatable bonds is 5. The lowest BCUT2D eigenvalue weighted by molar-refractivity contribution is 0.361. The van der Waals surface area contributed by atoms with Crippen molar-refractivity contribution in [3.8, 4) is 5.75 Å². The highest BCUT2D eigenvalue weighted by atomic mass is 79.9. The Morgan fingerprint density at radius 2 is 2.33 bits per heavy atom. The van der Waals surface area contributed by atoms with Crippen LogP contribution in [0.1, 0.15) is 5.56 Å². The van der Waals surface area contributed by atoms with Crippen LogP contribution >= 0.6 is 27.5 Å². The lowest BCUT2D eigenvalue weighted by Crippen LogP contribution is -2.05. The maximum absolute atomic E-state index is 6.05. The van der Waals surface area contributed by atoms with Gasteiger partial charge in [0, 0.05) is 11.0 Å². The molecule has 0 atom stereocenters. The molecule has 15 heavy (non-hydrogen) atoms. The van der Waals surface area contributed by atoms with Gasteiger partial charge in [-0.2, -0.15) is 0 Å². The minimum absolute atomic E-state index is 0.422. The van der Waals surface area contributed by atoms with E-state index in [9.17, 15) is 0 Å². The molecule has 1 aromatic carbocycles. The molecule has 0 spiro atoms. The average molecular weight is 291 g/mol. The maximum atomic E-state index is 6.05. The van der Waals surface area contributed by atoms with Crippen molar-refractivity contribution >= 4 is 27.5 Å². The molecular weight excluding hydrogens is 277 g/mol. The molecule has 0 heterocycles. The second-order valence-electron chi connectivity index (χ2n) is 3.10. The number of nitrogens with one attached hydrogen (secondary N) is 1. The molecule has 82 valence electrons. The smallest absolute Gasteiger partial charge is 0.138 e. The summed E-state index contributed by atoms with van der Waals surface area (Å²) in [5, 5.41) is 3.68. The van der Waals surface area contributed by atoms with Crippen LogP contribution < -0.4 is 10.1 Å². The van der Waals surface area contributed by atoms with E-state index >= 15 is 0 Å². The van der Waals surface area contributed by atoms with Gasteiger partial charge in [0.1, 0.15) is 12.4 Å². The number of hydrogen-bond donors (Lipinski definition) is 1. The van der Waals surface area contributed by atoms with Crippen molar-refractivity contribution in [1.82, 2.24) is 5.32 Å². The summed E-state index contributed by atoms with van der Waals surface area (Å²) in [7, 11) is 1.90. The Hall–Kier alpha value is -0.510. The zero-order valence-corrected chi connectivity index (χ0v) is 10.9. The van der Waals surface area contributed by atoms with Crippen LogP contribution in [-0.4, -0.2) is 13.7 Å². The van der Waals surface area contributed by atoms with Crippen LogP contribution in [0.5, 0.6) is 5.75 Å². The Labute approximate surface area is 103 Å². The summed E-state index contributed by atoms with van der Waals surface area (Å²) >= 11 is 9.27. The minimum atomic E-state index is 0.422. The van der Waals surface area contributed by atoms with E-state index in [-0.39, 0.29) is 0 Å². The molecule has 0 saturated heterocycles. The summed E-state index contributed by atoms with van der Waals surface area (Å²) in [6.07, 6.45) is 0. The van der Waals surface area contributed by atoms with Gasteiger partial charge in [0.25, 0.3) is 0 Å². The Morgan fingerprint density at radius 1 is 1.60 bits per heavy atom. The van der Waals surface area contributed by atoms with Crippen molar-refractivity contribution in [2.75, 3.05) is 13.7 Å². The number of benzene rings is 1. The first-order chi connectivity index (χ1) is 7.13. The van der Waals surface area contributed by atoms with Gasteiger partial charge in [0.15, 0.2) is 0 Å². The van der Waals surface area contributed by atoms with Gasteiger partial charge in [0.05, 0.1) is 5.02 Å². The Morgan fingerprint density at radius 3 is 2.87 bits per heavy atom. The highest BCUT2D eigenvalue weighted by Gasteiger charge is 2.02. The van der Waals surface area contributed by atoms with Gasteiger partial charge in [-0.3, -0.25) is 0 Å². The zero-order chi connectivity index (χ0) is 11.3. The average Bonchev–Trinajstić information content (AvgIpc) is 2.17. The van der Waals surface area contributed by atoms with Gasteiger partial charge in [0.2, 0.25) is 0 Å². The molecule has 4 heteroatoms. The van der Waals surface area contributed by atoms with Gasteiger partial charge >= 0.3 is 0 Å². The molecule has 1 aromatic rings. The van der Waals surface area contributed by atoms with E-state index in [1.54, 1.807) is 0 Å². The van der Waals surface area contributed by atoms with Crippen molar-refractivity contribution in [3.05, 3.63) is 39.8 Å². The molecule has 0 amide bonds. The van der Waals surface area contributed by atoms with E-state index in [1.165, 1.54) is 0 Å². The van der Waals surface area contributed by atoms with Crippen molar-refractivity contribution in [2.24, 2.45) is 0 Å². The van der Waals surface area contributed by atoms with E-state index in [4.69, 9.17) is 16.3 Å². The van der Waals surface area contributed by atoms with Crippen LogP contribution in [0.4, 0.5) is 0 Å². The van der Waals surface area contributed by atoms with Gasteiger partial charge in [-0.25, -0.2) is 0 Å². The summed E-state index contributed by atoms with van der Waals surface area (Å²) in [6.45, 7) is 4.90. The lowest BCUT2D eigenvalue weighted by Gasteiger charge is -2.08. The first-order valence-corrected chi connectivity index (χ1v) is 5.69. The summed E-state index contributed by atoms with van der Waals surface area (Å²) in [4.78, 5) is 0. The molecule has 0 aliphatic heterocycles. The Balaban J connectivity index is 2.70. The number of ether oxygens (including phenoxy) is 1. The monoisotopic (exact) mass is 289 g/mol. The quantitative estimate of drug-likeness (QED) is 0.898. The number of hydrogen-bond acceptors (Lipinski definition) is 2. The molecule has 0 aromatic heterocycles. The molecule has 0 unspecified atom stereocenters. The summed E-state index contributed by atoms with van der Waals surface area (Å²) in [6, 6.07) is 5.74. The van der Waals surface area contributed by atoms with Crippen LogP contribution in [0.15, 0.2) is 29.3 Å². The van der Waals surface area contributed by atoms with E-state index in [1.807, 2.05) is 25.2 Å². The molecule has 0 fully saturated rings. The molecule has 2 nitrogen and oxygen atoms in total. The molecule has 1 rings (SSSR count). The molecule has 0 aliphatic carbocycles. The van der Waals surface area contributed by atoms with Crippen molar-refractivity contribution in [3.63, 3.8) is 0 Å². The van der Waals surface area contributed by atoms with Crippen molar-refractivity contribution in [1.29, 1.82) is 0 Å². The molecule has 0 bridgehead atoms. The van der Waals surface area contributed by atoms with Crippen LogP contribution in [0.25, 0.3) is 0 Å².